The maximum atomic E-state index is 12.3. The van der Waals surface area contributed by atoms with Crippen molar-refractivity contribution in [1.82, 2.24) is 9.55 Å². The van der Waals surface area contributed by atoms with Crippen molar-refractivity contribution >= 4 is 8.32 Å². The van der Waals surface area contributed by atoms with Crippen molar-refractivity contribution in [2.45, 2.75) is 77.6 Å². The fourth-order valence-corrected chi connectivity index (χ4v) is 4.16. The van der Waals surface area contributed by atoms with Gasteiger partial charge in [0.25, 0.3) is 5.56 Å². The molecule has 136 valence electrons. The first-order valence-corrected chi connectivity index (χ1v) is 11.4. The molecule has 1 saturated heterocycles. The molecule has 0 bridgehead atoms. The second-order valence-corrected chi connectivity index (χ2v) is 12.9. The summed E-state index contributed by atoms with van der Waals surface area (Å²) in [6.45, 7) is 15.0. The molecule has 1 aromatic heterocycles. The highest BCUT2D eigenvalue weighted by atomic mass is 28.4. The molecule has 4 atom stereocenters. The zero-order chi connectivity index (χ0) is 19.2. The number of H-pyrrole nitrogens is 1. The number of hydrogen-bond donors (Lipinski definition) is 1. The average Bonchev–Trinajstić information content (AvgIpc) is 2.78. The molecular weight excluding hydrogens is 324 g/mol. The summed E-state index contributed by atoms with van der Waals surface area (Å²) in [6.07, 6.45) is 1.09. The predicted octanol–water partition coefficient (Wildman–Crippen LogP) is 2.87. The maximum Gasteiger partial charge on any atom is 0.330 e. The van der Waals surface area contributed by atoms with Crippen molar-refractivity contribution in [1.29, 1.82) is 0 Å². The first-order chi connectivity index (χ1) is 11.4. The molecule has 6 nitrogen and oxygen atoms in total. The molecule has 1 aliphatic rings. The minimum atomic E-state index is -2.08. The molecule has 2 rings (SSSR count). The Morgan fingerprint density at radius 3 is 2.58 bits per heavy atom. The van der Waals surface area contributed by atoms with E-state index in [-0.39, 0.29) is 29.2 Å². The number of hydrogen-bond acceptors (Lipinski definition) is 4. The Labute approximate surface area is 145 Å². The van der Waals surface area contributed by atoms with E-state index in [1.165, 1.54) is 10.8 Å². The third kappa shape index (κ3) is 3.58. The molecule has 0 aliphatic carbocycles. The van der Waals surface area contributed by atoms with Crippen molar-refractivity contribution in [3.8, 4) is 0 Å². The molecule has 0 aromatic carbocycles. The Balaban J connectivity index is 2.46. The molecular formula is C17H30N2O4Si. The van der Waals surface area contributed by atoms with Crippen molar-refractivity contribution in [2.24, 2.45) is 5.92 Å². The van der Waals surface area contributed by atoms with E-state index in [0.717, 1.165) is 6.42 Å². The van der Waals surface area contributed by atoms with Gasteiger partial charge in [0, 0.05) is 18.2 Å². The van der Waals surface area contributed by atoms with Crippen molar-refractivity contribution < 1.29 is 10.5 Å². The molecule has 7 heteroatoms. The molecule has 0 radical (unpaired) electrons. The summed E-state index contributed by atoms with van der Waals surface area (Å²) >= 11 is 0. The lowest BCUT2D eigenvalue weighted by Gasteiger charge is -2.40. The van der Waals surface area contributed by atoms with E-state index in [2.05, 4.69) is 45.8 Å². The monoisotopic (exact) mass is 355 g/mol. The van der Waals surface area contributed by atoms with Crippen LogP contribution in [-0.4, -0.2) is 30.1 Å². The smallest absolute Gasteiger partial charge is 0.330 e. The van der Waals surface area contributed by atoms with Gasteiger partial charge < -0.3 is 9.16 Å². The minimum absolute atomic E-state index is 0.0259. The third-order valence-corrected chi connectivity index (χ3v) is 9.88. The number of rotatable bonds is 4. The van der Waals surface area contributed by atoms with Crippen LogP contribution in [0.4, 0.5) is 0 Å². The Bertz CT molecular complexity index is 737. The van der Waals surface area contributed by atoms with Gasteiger partial charge in [0.2, 0.25) is 0 Å². The molecule has 0 spiro atoms. The minimum Gasteiger partial charge on any atom is -0.409 e. The van der Waals surface area contributed by atoms with Crippen molar-refractivity contribution in [3.05, 3.63) is 33.1 Å². The SMILES string of the molecule is [2H]c1cn([C@@H]2O[C@H](CC)[C@H](C)C2O[Si](C)(C)C(C)(C)C)c(=O)[nH]c1=O. The molecule has 24 heavy (non-hydrogen) atoms. The van der Waals surface area contributed by atoms with Crippen LogP contribution < -0.4 is 11.2 Å². The van der Waals surface area contributed by atoms with E-state index in [0.29, 0.717) is 0 Å². The van der Waals surface area contributed by atoms with Crippen LogP contribution in [0.1, 0.15) is 48.6 Å². The quantitative estimate of drug-likeness (QED) is 0.843. The van der Waals surface area contributed by atoms with Crippen LogP contribution in [0, 0.1) is 5.92 Å². The molecule has 1 aliphatic heterocycles. The molecule has 1 aromatic rings. The van der Waals surface area contributed by atoms with Crippen LogP contribution in [0.25, 0.3) is 0 Å². The first-order valence-electron chi connectivity index (χ1n) is 9.04. The summed E-state index contributed by atoms with van der Waals surface area (Å²) in [5, 5.41) is 0.0259. The highest BCUT2D eigenvalue weighted by molar-refractivity contribution is 6.74. The zero-order valence-electron chi connectivity index (χ0n) is 16.7. The van der Waals surface area contributed by atoms with Gasteiger partial charge in [-0.2, -0.15) is 0 Å². The number of nitrogens with one attached hydrogen (secondary N) is 1. The molecule has 2 heterocycles. The number of aromatic nitrogens is 2. The summed E-state index contributed by atoms with van der Waals surface area (Å²) in [5.74, 6) is 0.108. The summed E-state index contributed by atoms with van der Waals surface area (Å²) in [6, 6.07) is -0.262. The zero-order valence-corrected chi connectivity index (χ0v) is 16.7. The predicted molar refractivity (Wildman–Crippen MR) is 96.8 cm³/mol. The van der Waals surface area contributed by atoms with Crippen LogP contribution in [0.5, 0.6) is 0 Å². The van der Waals surface area contributed by atoms with Gasteiger partial charge in [0.05, 0.1) is 13.6 Å². The second-order valence-electron chi connectivity index (χ2n) is 8.12. The molecule has 0 saturated carbocycles. The van der Waals surface area contributed by atoms with Gasteiger partial charge in [-0.1, -0.05) is 34.6 Å². The average molecular weight is 356 g/mol. The highest BCUT2D eigenvalue weighted by Gasteiger charge is 2.48. The molecule has 1 N–H and O–H groups in total. The number of aromatic amines is 1. The molecule has 0 amide bonds. The van der Waals surface area contributed by atoms with Crippen LogP contribution >= 0.6 is 0 Å². The van der Waals surface area contributed by atoms with Crippen LogP contribution in [0.15, 0.2) is 21.8 Å². The lowest BCUT2D eigenvalue weighted by Crippen LogP contribution is -2.47. The van der Waals surface area contributed by atoms with E-state index >= 15 is 0 Å². The Morgan fingerprint density at radius 1 is 1.42 bits per heavy atom. The number of nitrogens with zero attached hydrogens (tertiary/aromatic N) is 1. The summed E-state index contributed by atoms with van der Waals surface area (Å²) in [5.41, 5.74) is -1.26. The van der Waals surface area contributed by atoms with Gasteiger partial charge in [-0.3, -0.25) is 14.3 Å². The van der Waals surface area contributed by atoms with E-state index < -0.39 is 25.8 Å². The van der Waals surface area contributed by atoms with E-state index in [4.69, 9.17) is 10.5 Å². The lowest BCUT2D eigenvalue weighted by molar-refractivity contribution is -0.0371. The van der Waals surface area contributed by atoms with Crippen LogP contribution in [-0.2, 0) is 9.16 Å². The van der Waals surface area contributed by atoms with Gasteiger partial charge in [-0.15, -0.1) is 0 Å². The number of ether oxygens (including phenoxy) is 1. The molecule has 1 unspecified atom stereocenters. The molecule has 1 fully saturated rings. The van der Waals surface area contributed by atoms with Crippen LogP contribution in [0.3, 0.4) is 0 Å². The normalized spacial score (nSPS) is 28.9. The van der Waals surface area contributed by atoms with Gasteiger partial charge in [0.15, 0.2) is 14.5 Å². The Morgan fingerprint density at radius 2 is 2.04 bits per heavy atom. The third-order valence-electron chi connectivity index (χ3n) is 5.40. The lowest BCUT2D eigenvalue weighted by atomic mass is 9.99. The maximum absolute atomic E-state index is 12.3. The Kier molecular flexibility index (Phi) is 4.86. The van der Waals surface area contributed by atoms with Crippen molar-refractivity contribution in [2.75, 3.05) is 0 Å². The summed E-state index contributed by atoms with van der Waals surface area (Å²) < 4.78 is 21.7. The van der Waals surface area contributed by atoms with E-state index in [9.17, 15) is 9.59 Å². The van der Waals surface area contributed by atoms with Crippen molar-refractivity contribution in [3.63, 3.8) is 0 Å². The van der Waals surface area contributed by atoms with Crippen LogP contribution in [0.2, 0.25) is 18.1 Å². The fraction of sp³-hybridized carbons (Fsp3) is 0.765. The summed E-state index contributed by atoms with van der Waals surface area (Å²) in [4.78, 5) is 26.0. The second kappa shape index (κ2) is 6.61. The standard InChI is InChI=1S/C17H30N2O4Si/c1-8-12-11(2)14(23-24(6,7)17(3,4)5)15(22-12)19-10-9-13(20)18-16(19)21/h9-12,14-15H,8H2,1-7H3,(H,18,20,21)/t11-,12+,14?,15+/m0/s1/i9D. The Hall–Kier alpha value is -1.18. The highest BCUT2D eigenvalue weighted by Crippen LogP contribution is 2.43. The first kappa shape index (κ1) is 17.6. The van der Waals surface area contributed by atoms with E-state index in [1.54, 1.807) is 0 Å². The van der Waals surface area contributed by atoms with Gasteiger partial charge in [-0.05, 0) is 24.6 Å². The summed E-state index contributed by atoms with van der Waals surface area (Å²) in [7, 11) is -2.08. The van der Waals surface area contributed by atoms with Gasteiger partial charge >= 0.3 is 5.69 Å². The fourth-order valence-electron chi connectivity index (χ4n) is 2.80. The van der Waals surface area contributed by atoms with Gasteiger partial charge in [0.1, 0.15) is 0 Å². The topological polar surface area (TPSA) is 73.3 Å². The van der Waals surface area contributed by atoms with E-state index in [1.807, 2.05) is 6.92 Å². The largest absolute Gasteiger partial charge is 0.409 e. The van der Waals surface area contributed by atoms with Gasteiger partial charge in [-0.25, -0.2) is 4.79 Å².